The summed E-state index contributed by atoms with van der Waals surface area (Å²) in [6, 6.07) is 15.9. The third kappa shape index (κ3) is 3.29. The van der Waals surface area contributed by atoms with Crippen molar-refractivity contribution in [1.29, 1.82) is 0 Å². The van der Waals surface area contributed by atoms with Crippen LogP contribution < -0.4 is 5.32 Å². The zero-order valence-corrected chi connectivity index (χ0v) is 13.0. The quantitative estimate of drug-likeness (QED) is 0.801. The van der Waals surface area contributed by atoms with Gasteiger partial charge in [0.1, 0.15) is 0 Å². The fourth-order valence-electron chi connectivity index (χ4n) is 2.49. The molecule has 0 saturated carbocycles. The fraction of sp³-hybridized carbons (Fsp3) is 0.368. The minimum Gasteiger partial charge on any atom is -0.310 e. The predicted octanol–water partition coefficient (Wildman–Crippen LogP) is 5.03. The Labute approximate surface area is 123 Å². The molecule has 0 amide bonds. The topological polar surface area (TPSA) is 12.0 Å². The lowest BCUT2D eigenvalue weighted by atomic mass is 9.95. The molecular weight excluding hydrogens is 242 g/mol. The van der Waals surface area contributed by atoms with Gasteiger partial charge in [-0.1, -0.05) is 49.4 Å². The summed E-state index contributed by atoms with van der Waals surface area (Å²) in [6.07, 6.45) is 1.17. The third-order valence-corrected chi connectivity index (χ3v) is 4.03. The molecular formula is C19H25N. The van der Waals surface area contributed by atoms with Gasteiger partial charge in [0.25, 0.3) is 0 Å². The van der Waals surface area contributed by atoms with Crippen LogP contribution in [0.25, 0.3) is 11.1 Å². The normalized spacial score (nSPS) is 12.4. The minimum absolute atomic E-state index is 0.419. The predicted molar refractivity (Wildman–Crippen MR) is 88.1 cm³/mol. The summed E-state index contributed by atoms with van der Waals surface area (Å²) in [5.74, 6) is 0. The van der Waals surface area contributed by atoms with Crippen LogP contribution in [0.4, 0.5) is 0 Å². The van der Waals surface area contributed by atoms with Gasteiger partial charge in [0.05, 0.1) is 0 Å². The summed E-state index contributed by atoms with van der Waals surface area (Å²) in [5.41, 5.74) is 6.72. The molecule has 20 heavy (non-hydrogen) atoms. The van der Waals surface area contributed by atoms with Gasteiger partial charge in [-0.3, -0.25) is 0 Å². The fourth-order valence-corrected chi connectivity index (χ4v) is 2.49. The first kappa shape index (κ1) is 14.8. The van der Waals surface area contributed by atoms with Gasteiger partial charge in [-0.2, -0.15) is 0 Å². The van der Waals surface area contributed by atoms with E-state index < -0.39 is 0 Å². The Balaban J connectivity index is 2.22. The Hall–Kier alpha value is -1.60. The molecule has 0 aliphatic heterocycles. The van der Waals surface area contributed by atoms with Crippen molar-refractivity contribution >= 4 is 0 Å². The van der Waals surface area contributed by atoms with Crippen molar-refractivity contribution in [2.75, 3.05) is 6.54 Å². The number of aryl methyl sites for hydroxylation is 1. The maximum atomic E-state index is 3.53. The Morgan fingerprint density at radius 1 is 1.00 bits per heavy atom. The standard InChI is InChI=1S/C19H25N/c1-5-13-20-16(4)17-9-11-18(12-10-17)19-8-6-7-14(2)15(19)3/h6-12,16,20H,5,13H2,1-4H3. The van der Waals surface area contributed by atoms with Gasteiger partial charge in [-0.05, 0) is 61.6 Å². The zero-order valence-electron chi connectivity index (χ0n) is 13.0. The van der Waals surface area contributed by atoms with Gasteiger partial charge in [0, 0.05) is 6.04 Å². The molecule has 0 aliphatic rings. The first-order valence-electron chi connectivity index (χ1n) is 7.53. The monoisotopic (exact) mass is 267 g/mol. The van der Waals surface area contributed by atoms with E-state index in [4.69, 9.17) is 0 Å². The molecule has 2 aromatic carbocycles. The molecule has 0 spiro atoms. The summed E-state index contributed by atoms with van der Waals surface area (Å²) in [7, 11) is 0. The van der Waals surface area contributed by atoms with Crippen LogP contribution in [-0.2, 0) is 0 Å². The molecule has 1 atom stereocenters. The van der Waals surface area contributed by atoms with Gasteiger partial charge in [0.15, 0.2) is 0 Å². The van der Waals surface area contributed by atoms with Crippen LogP contribution in [0.3, 0.4) is 0 Å². The highest BCUT2D eigenvalue weighted by atomic mass is 14.9. The Kier molecular flexibility index (Phi) is 4.97. The molecule has 1 N–H and O–H groups in total. The molecule has 0 radical (unpaired) electrons. The third-order valence-electron chi connectivity index (χ3n) is 4.03. The van der Waals surface area contributed by atoms with Crippen LogP contribution in [0.15, 0.2) is 42.5 Å². The van der Waals surface area contributed by atoms with E-state index in [1.54, 1.807) is 0 Å². The number of hydrogen-bond donors (Lipinski definition) is 1. The first-order valence-corrected chi connectivity index (χ1v) is 7.53. The van der Waals surface area contributed by atoms with E-state index in [9.17, 15) is 0 Å². The molecule has 0 fully saturated rings. The van der Waals surface area contributed by atoms with Crippen LogP contribution >= 0.6 is 0 Å². The molecule has 2 aromatic rings. The summed E-state index contributed by atoms with van der Waals surface area (Å²) in [5, 5.41) is 3.53. The molecule has 0 heterocycles. The highest BCUT2D eigenvalue weighted by molar-refractivity contribution is 5.68. The van der Waals surface area contributed by atoms with Gasteiger partial charge < -0.3 is 5.32 Å². The smallest absolute Gasteiger partial charge is 0.0291 e. The molecule has 2 rings (SSSR count). The first-order chi connectivity index (χ1) is 9.63. The van der Waals surface area contributed by atoms with Gasteiger partial charge in [-0.25, -0.2) is 0 Å². The Bertz CT molecular complexity index is 554. The molecule has 1 heteroatoms. The van der Waals surface area contributed by atoms with E-state index in [1.165, 1.54) is 34.2 Å². The maximum Gasteiger partial charge on any atom is 0.0291 e. The van der Waals surface area contributed by atoms with Crippen molar-refractivity contribution in [3.63, 3.8) is 0 Å². The molecule has 0 aliphatic carbocycles. The molecule has 106 valence electrons. The Morgan fingerprint density at radius 2 is 1.70 bits per heavy atom. The van der Waals surface area contributed by atoms with Crippen molar-refractivity contribution < 1.29 is 0 Å². The van der Waals surface area contributed by atoms with E-state index in [0.717, 1.165) is 6.54 Å². The van der Waals surface area contributed by atoms with Crippen LogP contribution in [0, 0.1) is 13.8 Å². The number of nitrogens with one attached hydrogen (secondary N) is 1. The average Bonchev–Trinajstić information content (AvgIpc) is 2.48. The molecule has 0 bridgehead atoms. The molecule has 1 unspecified atom stereocenters. The second-order valence-corrected chi connectivity index (χ2v) is 5.55. The number of benzene rings is 2. The number of hydrogen-bond acceptors (Lipinski definition) is 1. The zero-order chi connectivity index (χ0) is 14.5. The summed E-state index contributed by atoms with van der Waals surface area (Å²) in [6.45, 7) is 9.86. The molecule has 0 saturated heterocycles. The van der Waals surface area contributed by atoms with Crippen LogP contribution in [0.1, 0.15) is 43.0 Å². The van der Waals surface area contributed by atoms with Crippen molar-refractivity contribution in [3.05, 3.63) is 59.2 Å². The second kappa shape index (κ2) is 6.71. The van der Waals surface area contributed by atoms with Crippen molar-refractivity contribution in [1.82, 2.24) is 5.32 Å². The van der Waals surface area contributed by atoms with Crippen molar-refractivity contribution in [3.8, 4) is 11.1 Å². The van der Waals surface area contributed by atoms with Crippen molar-refractivity contribution in [2.45, 2.75) is 40.2 Å². The minimum atomic E-state index is 0.419. The summed E-state index contributed by atoms with van der Waals surface area (Å²) < 4.78 is 0. The van der Waals surface area contributed by atoms with E-state index in [0.29, 0.717) is 6.04 Å². The summed E-state index contributed by atoms with van der Waals surface area (Å²) >= 11 is 0. The summed E-state index contributed by atoms with van der Waals surface area (Å²) in [4.78, 5) is 0. The molecule has 0 aromatic heterocycles. The van der Waals surface area contributed by atoms with Gasteiger partial charge in [-0.15, -0.1) is 0 Å². The number of rotatable bonds is 5. The van der Waals surface area contributed by atoms with Crippen LogP contribution in [0.5, 0.6) is 0 Å². The van der Waals surface area contributed by atoms with Crippen LogP contribution in [-0.4, -0.2) is 6.54 Å². The highest BCUT2D eigenvalue weighted by Crippen LogP contribution is 2.26. The van der Waals surface area contributed by atoms with Gasteiger partial charge >= 0.3 is 0 Å². The maximum absolute atomic E-state index is 3.53. The van der Waals surface area contributed by atoms with E-state index in [2.05, 4.69) is 75.5 Å². The van der Waals surface area contributed by atoms with Crippen molar-refractivity contribution in [2.24, 2.45) is 0 Å². The lowest BCUT2D eigenvalue weighted by Gasteiger charge is -2.15. The molecule has 1 nitrogen and oxygen atoms in total. The van der Waals surface area contributed by atoms with E-state index in [1.807, 2.05) is 0 Å². The average molecular weight is 267 g/mol. The highest BCUT2D eigenvalue weighted by Gasteiger charge is 2.06. The van der Waals surface area contributed by atoms with Crippen LogP contribution in [0.2, 0.25) is 0 Å². The largest absolute Gasteiger partial charge is 0.310 e. The lowest BCUT2D eigenvalue weighted by molar-refractivity contribution is 0.571. The van der Waals surface area contributed by atoms with E-state index in [-0.39, 0.29) is 0 Å². The Morgan fingerprint density at radius 3 is 2.35 bits per heavy atom. The lowest BCUT2D eigenvalue weighted by Crippen LogP contribution is -2.19. The SMILES string of the molecule is CCCNC(C)c1ccc(-c2cccc(C)c2C)cc1. The van der Waals surface area contributed by atoms with E-state index >= 15 is 0 Å². The second-order valence-electron chi connectivity index (χ2n) is 5.55. The van der Waals surface area contributed by atoms with Gasteiger partial charge in [0.2, 0.25) is 0 Å².